The molecule has 5 heterocycles. The molecule has 0 bridgehead atoms. The van der Waals surface area contributed by atoms with Crippen molar-refractivity contribution in [2.45, 2.75) is 18.9 Å². The number of amides is 1. The van der Waals surface area contributed by atoms with E-state index in [4.69, 9.17) is 0 Å². The second-order valence-corrected chi connectivity index (χ2v) is 8.60. The minimum Gasteiger partial charge on any atom is -0.361 e. The fraction of sp³-hybridized carbons (Fsp3) is 0.450. The third-order valence-electron chi connectivity index (χ3n) is 5.52. The lowest BCUT2D eigenvalue weighted by atomic mass is 10.1. The molecule has 3 aromatic rings. The highest BCUT2D eigenvalue weighted by molar-refractivity contribution is 7.19. The number of nitrogens with one attached hydrogen (secondary N) is 4. The average Bonchev–Trinajstić information content (AvgIpc) is 3.42. The molecule has 0 saturated carbocycles. The van der Waals surface area contributed by atoms with Gasteiger partial charge in [-0.1, -0.05) is 0 Å². The number of piperidine rings is 1. The minimum atomic E-state index is -0.0750. The van der Waals surface area contributed by atoms with Gasteiger partial charge in [0, 0.05) is 45.0 Å². The van der Waals surface area contributed by atoms with Crippen LogP contribution in [0, 0.1) is 0 Å². The second-order valence-electron chi connectivity index (χ2n) is 7.53. The highest BCUT2D eigenvalue weighted by Crippen LogP contribution is 2.33. The summed E-state index contributed by atoms with van der Waals surface area (Å²) in [4.78, 5) is 28.7. The van der Waals surface area contributed by atoms with Crippen molar-refractivity contribution in [3.8, 4) is 10.7 Å². The van der Waals surface area contributed by atoms with Crippen molar-refractivity contribution in [1.29, 1.82) is 0 Å². The average molecular weight is 412 g/mol. The summed E-state index contributed by atoms with van der Waals surface area (Å²) in [6, 6.07) is 6.17. The molecule has 9 heteroatoms. The van der Waals surface area contributed by atoms with E-state index in [9.17, 15) is 4.79 Å². The molecule has 4 N–H and O–H groups in total. The predicted molar refractivity (Wildman–Crippen MR) is 116 cm³/mol. The summed E-state index contributed by atoms with van der Waals surface area (Å²) >= 11 is 1.72. The Morgan fingerprint density at radius 2 is 2.07 bits per heavy atom. The number of aromatic nitrogens is 3. The molecule has 5 rings (SSSR count). The van der Waals surface area contributed by atoms with Gasteiger partial charge < -0.3 is 25.8 Å². The first-order chi connectivity index (χ1) is 14.3. The van der Waals surface area contributed by atoms with E-state index >= 15 is 0 Å². The summed E-state index contributed by atoms with van der Waals surface area (Å²) in [7, 11) is 0. The molecule has 0 aromatic carbocycles. The number of piperazine rings is 1. The standard InChI is InChI=1S/C20H25N7OS/c28-20(24-13-2-1-6-22-12-13)14-5-7-23-19-17(14)25-18(26-19)15-3-4-16(29-15)27-10-8-21-9-11-27/h3-5,7,13,21-22H,1-2,6,8-12H2,(H,24,28)(H,23,25,26)/t13-/m0/s1. The number of anilines is 1. The molecule has 3 aromatic heterocycles. The smallest absolute Gasteiger partial charge is 0.253 e. The van der Waals surface area contributed by atoms with Crippen molar-refractivity contribution < 1.29 is 4.79 Å². The van der Waals surface area contributed by atoms with Crippen LogP contribution < -0.4 is 20.9 Å². The van der Waals surface area contributed by atoms with Gasteiger partial charge in [-0.2, -0.15) is 0 Å². The van der Waals surface area contributed by atoms with E-state index in [0.717, 1.165) is 62.8 Å². The summed E-state index contributed by atoms with van der Waals surface area (Å²) in [5, 5.41) is 11.1. The summed E-state index contributed by atoms with van der Waals surface area (Å²) in [5.74, 6) is 0.687. The molecule has 2 aliphatic heterocycles. The van der Waals surface area contributed by atoms with Crippen LogP contribution in [0.25, 0.3) is 21.9 Å². The highest BCUT2D eigenvalue weighted by Gasteiger charge is 2.20. The quantitative estimate of drug-likeness (QED) is 0.520. The number of carbonyl (C=O) groups is 1. The molecule has 0 spiro atoms. The van der Waals surface area contributed by atoms with E-state index in [0.29, 0.717) is 16.7 Å². The molecule has 1 amide bonds. The molecular formula is C20H25N7OS. The Hall–Kier alpha value is -2.49. The van der Waals surface area contributed by atoms with Crippen LogP contribution in [0.4, 0.5) is 5.00 Å². The number of thiophene rings is 1. The first-order valence-corrected chi connectivity index (χ1v) is 11.0. The Morgan fingerprint density at radius 3 is 2.90 bits per heavy atom. The lowest BCUT2D eigenvalue weighted by Gasteiger charge is -2.27. The first kappa shape index (κ1) is 18.5. The van der Waals surface area contributed by atoms with Gasteiger partial charge in [0.15, 0.2) is 11.5 Å². The Kier molecular flexibility index (Phi) is 5.17. The third kappa shape index (κ3) is 3.85. The Balaban J connectivity index is 1.40. The summed E-state index contributed by atoms with van der Waals surface area (Å²) in [6.07, 6.45) is 3.74. The SMILES string of the molecule is O=C(N[C@H]1CCCNC1)c1ccnc2nc(-c3ccc(N4CCNCC4)s3)[nH]c12. The van der Waals surface area contributed by atoms with Gasteiger partial charge in [-0.25, -0.2) is 9.97 Å². The summed E-state index contributed by atoms with van der Waals surface area (Å²) < 4.78 is 0. The first-order valence-electron chi connectivity index (χ1n) is 10.2. The molecule has 0 unspecified atom stereocenters. The van der Waals surface area contributed by atoms with Gasteiger partial charge in [0.25, 0.3) is 5.91 Å². The lowest BCUT2D eigenvalue weighted by Crippen LogP contribution is -2.45. The molecule has 29 heavy (non-hydrogen) atoms. The van der Waals surface area contributed by atoms with E-state index in [-0.39, 0.29) is 11.9 Å². The van der Waals surface area contributed by atoms with Crippen LogP contribution >= 0.6 is 11.3 Å². The Morgan fingerprint density at radius 1 is 1.17 bits per heavy atom. The fourth-order valence-corrected chi connectivity index (χ4v) is 4.97. The van der Waals surface area contributed by atoms with Crippen LogP contribution in [-0.2, 0) is 0 Å². The van der Waals surface area contributed by atoms with Crippen LogP contribution in [0.3, 0.4) is 0 Å². The molecule has 2 saturated heterocycles. The lowest BCUT2D eigenvalue weighted by molar-refractivity contribution is 0.0932. The summed E-state index contributed by atoms with van der Waals surface area (Å²) in [6.45, 7) is 5.89. The molecule has 0 radical (unpaired) electrons. The van der Waals surface area contributed by atoms with Gasteiger partial charge in [-0.15, -0.1) is 11.3 Å². The molecule has 152 valence electrons. The topological polar surface area (TPSA) is 98.0 Å². The van der Waals surface area contributed by atoms with Crippen molar-refractivity contribution in [3.05, 3.63) is 30.0 Å². The molecule has 0 aliphatic carbocycles. The predicted octanol–water partition coefficient (Wildman–Crippen LogP) is 1.58. The second kappa shape index (κ2) is 8.10. The number of aromatic amines is 1. The molecule has 2 aliphatic rings. The minimum absolute atomic E-state index is 0.0750. The van der Waals surface area contributed by atoms with Crippen LogP contribution in [0.15, 0.2) is 24.4 Å². The van der Waals surface area contributed by atoms with Crippen molar-refractivity contribution in [3.63, 3.8) is 0 Å². The monoisotopic (exact) mass is 411 g/mol. The number of carbonyl (C=O) groups excluding carboxylic acids is 1. The number of nitrogens with zero attached hydrogens (tertiary/aromatic N) is 3. The zero-order valence-corrected chi connectivity index (χ0v) is 17.0. The van der Waals surface area contributed by atoms with Crippen LogP contribution in [-0.4, -0.2) is 66.2 Å². The van der Waals surface area contributed by atoms with Crippen molar-refractivity contribution in [2.75, 3.05) is 44.2 Å². The molecular weight excluding hydrogens is 386 g/mol. The van der Waals surface area contributed by atoms with E-state index in [1.54, 1.807) is 23.6 Å². The maximum atomic E-state index is 12.9. The van der Waals surface area contributed by atoms with Gasteiger partial charge >= 0.3 is 0 Å². The Bertz CT molecular complexity index is 1000. The van der Waals surface area contributed by atoms with E-state index in [2.05, 4.69) is 47.9 Å². The van der Waals surface area contributed by atoms with E-state index in [1.165, 1.54) is 5.00 Å². The number of imidazole rings is 1. The number of fused-ring (bicyclic) bond motifs is 1. The fourth-order valence-electron chi connectivity index (χ4n) is 3.97. The number of H-pyrrole nitrogens is 1. The van der Waals surface area contributed by atoms with Gasteiger partial charge in [0.1, 0.15) is 0 Å². The number of hydrogen-bond acceptors (Lipinski definition) is 7. The van der Waals surface area contributed by atoms with Crippen molar-refractivity contribution in [2.24, 2.45) is 0 Å². The van der Waals surface area contributed by atoms with Crippen molar-refractivity contribution >= 4 is 33.4 Å². The maximum absolute atomic E-state index is 12.9. The number of hydrogen-bond donors (Lipinski definition) is 4. The zero-order chi connectivity index (χ0) is 19.6. The normalized spacial score (nSPS) is 20.1. The van der Waals surface area contributed by atoms with Gasteiger partial charge in [0.2, 0.25) is 0 Å². The van der Waals surface area contributed by atoms with Crippen LogP contribution in [0.2, 0.25) is 0 Å². The summed E-state index contributed by atoms with van der Waals surface area (Å²) in [5.41, 5.74) is 1.87. The molecule has 8 nitrogen and oxygen atoms in total. The Labute approximate surface area is 173 Å². The van der Waals surface area contributed by atoms with E-state index < -0.39 is 0 Å². The van der Waals surface area contributed by atoms with Gasteiger partial charge in [-0.05, 0) is 37.6 Å². The van der Waals surface area contributed by atoms with Crippen molar-refractivity contribution in [1.82, 2.24) is 30.9 Å². The molecule has 2 fully saturated rings. The number of pyridine rings is 1. The maximum Gasteiger partial charge on any atom is 0.253 e. The largest absolute Gasteiger partial charge is 0.361 e. The molecule has 1 atom stereocenters. The third-order valence-corrected chi connectivity index (χ3v) is 6.68. The highest BCUT2D eigenvalue weighted by atomic mass is 32.1. The van der Waals surface area contributed by atoms with Crippen LogP contribution in [0.5, 0.6) is 0 Å². The van der Waals surface area contributed by atoms with Crippen LogP contribution in [0.1, 0.15) is 23.2 Å². The van der Waals surface area contributed by atoms with Gasteiger partial charge in [-0.3, -0.25) is 4.79 Å². The number of rotatable bonds is 4. The van der Waals surface area contributed by atoms with Gasteiger partial charge in [0.05, 0.1) is 21.0 Å². The van der Waals surface area contributed by atoms with E-state index in [1.807, 2.05) is 0 Å². The zero-order valence-electron chi connectivity index (χ0n) is 16.2.